The number of carbonyl (C=O) groups excluding carboxylic acids is 1. The lowest BCUT2D eigenvalue weighted by atomic mass is 10.2. The SMILES string of the molecule is CCCCC(=O)Nc1ccc(Nc2ccc(C#N)cc2)cn1. The molecule has 1 amide bonds. The lowest BCUT2D eigenvalue weighted by molar-refractivity contribution is -0.116. The number of rotatable bonds is 6. The summed E-state index contributed by atoms with van der Waals surface area (Å²) in [6.45, 7) is 2.05. The summed E-state index contributed by atoms with van der Waals surface area (Å²) in [5.41, 5.74) is 2.31. The highest BCUT2D eigenvalue weighted by atomic mass is 16.1. The Morgan fingerprint density at radius 3 is 2.50 bits per heavy atom. The van der Waals surface area contributed by atoms with Crippen LogP contribution in [0.1, 0.15) is 31.7 Å². The van der Waals surface area contributed by atoms with Gasteiger partial charge >= 0.3 is 0 Å². The van der Waals surface area contributed by atoms with Crippen LogP contribution in [0.2, 0.25) is 0 Å². The van der Waals surface area contributed by atoms with E-state index < -0.39 is 0 Å². The molecule has 0 spiro atoms. The van der Waals surface area contributed by atoms with E-state index in [0.29, 0.717) is 17.8 Å². The Balaban J connectivity index is 1.93. The molecule has 2 aromatic rings. The minimum absolute atomic E-state index is 0.0119. The van der Waals surface area contributed by atoms with E-state index in [1.807, 2.05) is 18.2 Å². The molecule has 0 radical (unpaired) electrons. The van der Waals surface area contributed by atoms with Crippen LogP contribution in [0, 0.1) is 11.3 Å². The molecule has 0 atom stereocenters. The first-order valence-corrected chi connectivity index (χ1v) is 7.24. The number of anilines is 3. The summed E-state index contributed by atoms with van der Waals surface area (Å²) < 4.78 is 0. The number of pyridine rings is 1. The van der Waals surface area contributed by atoms with Crippen molar-refractivity contribution in [2.75, 3.05) is 10.6 Å². The molecule has 5 nitrogen and oxygen atoms in total. The van der Waals surface area contributed by atoms with E-state index >= 15 is 0 Å². The molecule has 0 unspecified atom stereocenters. The summed E-state index contributed by atoms with van der Waals surface area (Å²) in [7, 11) is 0. The van der Waals surface area contributed by atoms with Gasteiger partial charge in [-0.3, -0.25) is 4.79 Å². The van der Waals surface area contributed by atoms with Gasteiger partial charge in [-0.05, 0) is 42.8 Å². The molecule has 1 heterocycles. The van der Waals surface area contributed by atoms with Crippen LogP contribution in [-0.2, 0) is 4.79 Å². The van der Waals surface area contributed by atoms with Gasteiger partial charge in [-0.25, -0.2) is 4.98 Å². The van der Waals surface area contributed by atoms with Gasteiger partial charge in [-0.1, -0.05) is 13.3 Å². The second-order valence-corrected chi connectivity index (χ2v) is 4.90. The van der Waals surface area contributed by atoms with Crippen molar-refractivity contribution in [2.24, 2.45) is 0 Å². The summed E-state index contributed by atoms with van der Waals surface area (Å²) in [5, 5.41) is 14.7. The van der Waals surface area contributed by atoms with Gasteiger partial charge in [0.2, 0.25) is 5.91 Å². The summed E-state index contributed by atoms with van der Waals surface area (Å²) in [4.78, 5) is 15.8. The zero-order chi connectivity index (χ0) is 15.8. The predicted octanol–water partition coefficient (Wildman–Crippen LogP) is 3.83. The predicted molar refractivity (Wildman–Crippen MR) is 86.8 cm³/mol. The van der Waals surface area contributed by atoms with Gasteiger partial charge in [0.25, 0.3) is 0 Å². The van der Waals surface area contributed by atoms with Crippen LogP contribution in [-0.4, -0.2) is 10.9 Å². The average Bonchev–Trinajstić information content (AvgIpc) is 2.55. The maximum absolute atomic E-state index is 11.6. The van der Waals surface area contributed by atoms with Gasteiger partial charge in [0.15, 0.2) is 0 Å². The number of carbonyl (C=O) groups is 1. The Morgan fingerprint density at radius 1 is 1.18 bits per heavy atom. The third kappa shape index (κ3) is 4.60. The fraction of sp³-hybridized carbons (Fsp3) is 0.235. The zero-order valence-electron chi connectivity index (χ0n) is 12.5. The molecule has 2 rings (SSSR count). The van der Waals surface area contributed by atoms with Crippen molar-refractivity contribution in [1.29, 1.82) is 5.26 Å². The number of nitriles is 1. The van der Waals surface area contributed by atoms with Crippen LogP contribution in [0.25, 0.3) is 0 Å². The maximum atomic E-state index is 11.6. The van der Waals surface area contributed by atoms with Gasteiger partial charge in [-0.2, -0.15) is 5.26 Å². The first-order chi connectivity index (χ1) is 10.7. The lowest BCUT2D eigenvalue weighted by Crippen LogP contribution is -2.12. The largest absolute Gasteiger partial charge is 0.354 e. The van der Waals surface area contributed by atoms with E-state index in [1.165, 1.54) is 0 Å². The molecule has 0 aliphatic heterocycles. The fourth-order valence-corrected chi connectivity index (χ4v) is 1.88. The van der Waals surface area contributed by atoms with Crippen LogP contribution in [0.3, 0.4) is 0 Å². The summed E-state index contributed by atoms with van der Waals surface area (Å²) >= 11 is 0. The normalized spacial score (nSPS) is 9.82. The molecule has 1 aromatic carbocycles. The number of amides is 1. The molecule has 0 saturated heterocycles. The second-order valence-electron chi connectivity index (χ2n) is 4.90. The first-order valence-electron chi connectivity index (χ1n) is 7.24. The van der Waals surface area contributed by atoms with Crippen LogP contribution in [0.4, 0.5) is 17.2 Å². The highest BCUT2D eigenvalue weighted by molar-refractivity contribution is 5.89. The van der Waals surface area contributed by atoms with Gasteiger partial charge in [0, 0.05) is 12.1 Å². The molecule has 0 saturated carbocycles. The number of nitrogens with zero attached hydrogens (tertiary/aromatic N) is 2. The summed E-state index contributed by atoms with van der Waals surface area (Å²) in [6.07, 6.45) is 4.05. The zero-order valence-corrected chi connectivity index (χ0v) is 12.5. The van der Waals surface area contributed by atoms with E-state index in [-0.39, 0.29) is 5.91 Å². The van der Waals surface area contributed by atoms with Gasteiger partial charge in [0.05, 0.1) is 23.5 Å². The monoisotopic (exact) mass is 294 g/mol. The molecule has 2 N–H and O–H groups in total. The second kappa shape index (κ2) is 7.79. The molecule has 1 aromatic heterocycles. The lowest BCUT2D eigenvalue weighted by Gasteiger charge is -2.08. The average molecular weight is 294 g/mol. The smallest absolute Gasteiger partial charge is 0.225 e. The van der Waals surface area contributed by atoms with Gasteiger partial charge in [0.1, 0.15) is 5.82 Å². The Labute approximate surface area is 130 Å². The Kier molecular flexibility index (Phi) is 5.50. The molecule has 0 aliphatic carbocycles. The maximum Gasteiger partial charge on any atom is 0.225 e. The quantitative estimate of drug-likeness (QED) is 0.848. The number of hydrogen-bond donors (Lipinski definition) is 2. The first kappa shape index (κ1) is 15.5. The fourth-order valence-electron chi connectivity index (χ4n) is 1.88. The van der Waals surface area contributed by atoms with Gasteiger partial charge < -0.3 is 10.6 Å². The molecule has 0 fully saturated rings. The third-order valence-electron chi connectivity index (χ3n) is 3.09. The molecular weight excluding hydrogens is 276 g/mol. The Hall–Kier alpha value is -2.87. The van der Waals surface area contributed by atoms with Crippen LogP contribution in [0.15, 0.2) is 42.6 Å². The van der Waals surface area contributed by atoms with Crippen LogP contribution < -0.4 is 10.6 Å². The van der Waals surface area contributed by atoms with E-state index in [1.54, 1.807) is 24.4 Å². The third-order valence-corrected chi connectivity index (χ3v) is 3.09. The number of benzene rings is 1. The summed E-state index contributed by atoms with van der Waals surface area (Å²) in [5.74, 6) is 0.536. The minimum atomic E-state index is -0.0119. The topological polar surface area (TPSA) is 77.8 Å². The number of nitrogens with one attached hydrogen (secondary N) is 2. The van der Waals surface area contributed by atoms with Crippen molar-refractivity contribution in [3.05, 3.63) is 48.2 Å². The van der Waals surface area contributed by atoms with Crippen molar-refractivity contribution in [3.63, 3.8) is 0 Å². The van der Waals surface area contributed by atoms with Crippen molar-refractivity contribution in [1.82, 2.24) is 4.98 Å². The number of aromatic nitrogens is 1. The molecule has 0 aliphatic rings. The molecular formula is C17H18N4O. The Morgan fingerprint density at radius 2 is 1.91 bits per heavy atom. The van der Waals surface area contributed by atoms with Crippen molar-refractivity contribution < 1.29 is 4.79 Å². The molecule has 112 valence electrons. The highest BCUT2D eigenvalue weighted by Gasteiger charge is 2.03. The molecule has 22 heavy (non-hydrogen) atoms. The standard InChI is InChI=1S/C17H18N4O/c1-2-3-4-17(22)21-16-10-9-15(12-19-16)20-14-7-5-13(11-18)6-8-14/h5-10,12,20H,2-4H2,1H3,(H,19,21,22). The van der Waals surface area contributed by atoms with Crippen molar-refractivity contribution in [3.8, 4) is 6.07 Å². The number of hydrogen-bond acceptors (Lipinski definition) is 4. The van der Waals surface area contributed by atoms with E-state index in [2.05, 4.69) is 28.6 Å². The van der Waals surface area contributed by atoms with E-state index in [0.717, 1.165) is 24.2 Å². The molecule has 5 heteroatoms. The van der Waals surface area contributed by atoms with E-state index in [9.17, 15) is 4.79 Å². The van der Waals surface area contributed by atoms with Crippen LogP contribution in [0.5, 0.6) is 0 Å². The highest BCUT2D eigenvalue weighted by Crippen LogP contribution is 2.17. The van der Waals surface area contributed by atoms with Gasteiger partial charge in [-0.15, -0.1) is 0 Å². The van der Waals surface area contributed by atoms with Crippen molar-refractivity contribution in [2.45, 2.75) is 26.2 Å². The van der Waals surface area contributed by atoms with Crippen molar-refractivity contribution >= 4 is 23.1 Å². The summed E-state index contributed by atoms with van der Waals surface area (Å²) in [6, 6.07) is 12.8. The Bertz CT molecular complexity index is 657. The number of unbranched alkanes of at least 4 members (excludes halogenated alkanes) is 1. The van der Waals surface area contributed by atoms with Crippen LogP contribution >= 0.6 is 0 Å². The van der Waals surface area contributed by atoms with E-state index in [4.69, 9.17) is 5.26 Å². The molecule has 0 bridgehead atoms. The minimum Gasteiger partial charge on any atom is -0.354 e.